The Morgan fingerprint density at radius 3 is 3.00 bits per heavy atom. The van der Waals surface area contributed by atoms with E-state index in [-0.39, 0.29) is 0 Å². The van der Waals surface area contributed by atoms with Gasteiger partial charge in [0.15, 0.2) is 9.83 Å². The number of nitrogens with zero attached hydrogens (tertiary/aromatic N) is 1. The Balaban J connectivity index is 2.90. The molecule has 0 aliphatic carbocycles. The van der Waals surface area contributed by atoms with Crippen molar-refractivity contribution in [3.8, 4) is 0 Å². The number of carbonyl (C=O) groups excluding carboxylic acids is 1. The van der Waals surface area contributed by atoms with E-state index < -0.39 is 15.8 Å². The van der Waals surface area contributed by atoms with Crippen molar-refractivity contribution in [1.29, 1.82) is 0 Å². The van der Waals surface area contributed by atoms with E-state index in [2.05, 4.69) is 25.7 Å². The fourth-order valence-electron chi connectivity index (χ4n) is 0.818. The van der Waals surface area contributed by atoms with E-state index in [1.54, 1.807) is 18.4 Å². The van der Waals surface area contributed by atoms with Crippen LogP contribution in [0.5, 0.6) is 0 Å². The van der Waals surface area contributed by atoms with E-state index in [4.69, 9.17) is 11.6 Å². The summed E-state index contributed by atoms with van der Waals surface area (Å²) >= 11 is 8.98. The van der Waals surface area contributed by atoms with Crippen LogP contribution in [0.3, 0.4) is 0 Å². The number of rotatable bonds is 1. The Hall–Kier alpha value is -0.350. The maximum Gasteiger partial charge on any atom is 0.330 e. The van der Waals surface area contributed by atoms with Crippen LogP contribution in [0.25, 0.3) is 0 Å². The number of dihydropyridines is 1. The summed E-state index contributed by atoms with van der Waals surface area (Å²) in [7, 11) is 1.31. The minimum atomic E-state index is -1.02. The largest absolute Gasteiger partial charge is 0.468 e. The van der Waals surface area contributed by atoms with E-state index in [0.717, 1.165) is 0 Å². The summed E-state index contributed by atoms with van der Waals surface area (Å²) in [6, 6.07) is 0. The van der Waals surface area contributed by atoms with Gasteiger partial charge in [-0.15, -0.1) is 0 Å². The van der Waals surface area contributed by atoms with E-state index in [0.29, 0.717) is 0 Å². The zero-order valence-electron chi connectivity index (χ0n) is 6.33. The summed E-state index contributed by atoms with van der Waals surface area (Å²) in [5.41, 5.74) is -0.657. The Bertz CT molecular complexity index is 254. The molecule has 1 heterocycles. The highest BCUT2D eigenvalue weighted by Crippen LogP contribution is 2.32. The Labute approximate surface area is 83.6 Å². The maximum absolute atomic E-state index is 11.2. The topological polar surface area (TPSA) is 38.7 Å². The third-order valence-corrected chi connectivity index (χ3v) is 3.23. The molecule has 0 bridgehead atoms. The third kappa shape index (κ3) is 1.54. The molecule has 1 aliphatic heterocycles. The van der Waals surface area contributed by atoms with Gasteiger partial charge >= 0.3 is 5.97 Å². The first-order valence-corrected chi connectivity index (χ1v) is 4.46. The lowest BCUT2D eigenvalue weighted by molar-refractivity contribution is -0.141. The number of methoxy groups -OCH3 is 1. The van der Waals surface area contributed by atoms with Crippen LogP contribution in [0.2, 0.25) is 0 Å². The second-order valence-corrected chi connectivity index (χ2v) is 3.98. The summed E-state index contributed by atoms with van der Waals surface area (Å²) in [5, 5.41) is 0. The van der Waals surface area contributed by atoms with E-state index in [9.17, 15) is 4.79 Å². The molecule has 5 heteroatoms. The van der Waals surface area contributed by atoms with Crippen molar-refractivity contribution < 1.29 is 9.53 Å². The molecule has 0 aromatic heterocycles. The number of hydrogen-bond donors (Lipinski definition) is 0. The molecule has 0 amide bonds. The highest BCUT2D eigenvalue weighted by Gasteiger charge is 2.42. The predicted octanol–water partition coefficient (Wildman–Crippen LogP) is 1.50. The molecule has 0 radical (unpaired) electrons. The first-order chi connectivity index (χ1) is 5.61. The van der Waals surface area contributed by atoms with Gasteiger partial charge in [0.1, 0.15) is 0 Å². The van der Waals surface area contributed by atoms with Crippen molar-refractivity contribution in [2.75, 3.05) is 7.11 Å². The highest BCUT2D eigenvalue weighted by molar-refractivity contribution is 9.10. The monoisotopic (exact) mass is 251 g/mol. The zero-order valence-corrected chi connectivity index (χ0v) is 8.67. The number of halogens is 2. The molecular weight excluding hydrogens is 245 g/mol. The Morgan fingerprint density at radius 2 is 2.50 bits per heavy atom. The molecule has 1 aliphatic rings. The van der Waals surface area contributed by atoms with E-state index in [1.165, 1.54) is 7.11 Å². The second kappa shape index (κ2) is 3.58. The number of alkyl halides is 2. The highest BCUT2D eigenvalue weighted by atomic mass is 79.9. The Kier molecular flexibility index (Phi) is 2.90. The summed E-state index contributed by atoms with van der Waals surface area (Å²) in [4.78, 5) is 15.1. The molecule has 0 aromatic rings. The quantitative estimate of drug-likeness (QED) is 0.403. The summed E-state index contributed by atoms with van der Waals surface area (Å²) in [6.07, 6.45) is 4.80. The van der Waals surface area contributed by atoms with Crippen molar-refractivity contribution in [1.82, 2.24) is 0 Å². The molecule has 0 fully saturated rings. The SMILES string of the molecule is COC(=O)C1(Br)C=CC=NC1Cl. The van der Waals surface area contributed by atoms with Crippen molar-refractivity contribution in [2.24, 2.45) is 4.99 Å². The van der Waals surface area contributed by atoms with Crippen LogP contribution in [-0.2, 0) is 9.53 Å². The number of allylic oxidation sites excluding steroid dienone is 1. The van der Waals surface area contributed by atoms with Gasteiger partial charge in [-0.25, -0.2) is 0 Å². The lowest BCUT2D eigenvalue weighted by atomic mass is 10.1. The summed E-state index contributed by atoms with van der Waals surface area (Å²) in [6.45, 7) is 0. The van der Waals surface area contributed by atoms with Crippen LogP contribution < -0.4 is 0 Å². The molecule has 0 N–H and O–H groups in total. The lowest BCUT2D eigenvalue weighted by Gasteiger charge is -2.24. The van der Waals surface area contributed by atoms with Gasteiger partial charge < -0.3 is 4.74 Å². The minimum absolute atomic E-state index is 0.449. The van der Waals surface area contributed by atoms with Crippen LogP contribution in [0.15, 0.2) is 17.1 Å². The van der Waals surface area contributed by atoms with Crippen LogP contribution in [0.1, 0.15) is 0 Å². The average Bonchev–Trinajstić information content (AvgIpc) is 2.09. The van der Waals surface area contributed by atoms with Gasteiger partial charge in [-0.1, -0.05) is 33.6 Å². The molecule has 3 nitrogen and oxygen atoms in total. The third-order valence-electron chi connectivity index (χ3n) is 1.49. The molecule has 0 aromatic carbocycles. The molecule has 1 rings (SSSR count). The first-order valence-electron chi connectivity index (χ1n) is 3.23. The van der Waals surface area contributed by atoms with Crippen molar-refractivity contribution in [3.63, 3.8) is 0 Å². The number of ether oxygens (including phenoxy) is 1. The molecule has 0 saturated carbocycles. The van der Waals surface area contributed by atoms with Crippen molar-refractivity contribution >= 4 is 39.7 Å². The van der Waals surface area contributed by atoms with Crippen LogP contribution in [-0.4, -0.2) is 29.1 Å². The molecule has 66 valence electrons. The Morgan fingerprint density at radius 1 is 1.83 bits per heavy atom. The molecule has 0 saturated heterocycles. The standard InChI is InChI=1S/C7H7BrClNO2/c1-12-6(11)7(8)3-2-4-10-5(7)9/h2-5H,1H3. The second-order valence-electron chi connectivity index (χ2n) is 2.25. The fraction of sp³-hybridized carbons (Fsp3) is 0.429. The van der Waals surface area contributed by atoms with E-state index in [1.807, 2.05) is 0 Å². The lowest BCUT2D eigenvalue weighted by Crippen LogP contribution is -2.40. The van der Waals surface area contributed by atoms with Gasteiger partial charge in [-0.3, -0.25) is 9.79 Å². The number of carbonyl (C=O) groups is 1. The van der Waals surface area contributed by atoms with Gasteiger partial charge in [0.05, 0.1) is 7.11 Å². The van der Waals surface area contributed by atoms with E-state index >= 15 is 0 Å². The molecule has 12 heavy (non-hydrogen) atoms. The smallest absolute Gasteiger partial charge is 0.330 e. The summed E-state index contributed by atoms with van der Waals surface area (Å²) in [5.74, 6) is -0.449. The fourth-order valence-corrected chi connectivity index (χ4v) is 1.48. The van der Waals surface area contributed by atoms with Gasteiger partial charge in [0.2, 0.25) is 0 Å². The molecular formula is C7H7BrClNO2. The van der Waals surface area contributed by atoms with Gasteiger partial charge in [0.25, 0.3) is 0 Å². The van der Waals surface area contributed by atoms with Crippen molar-refractivity contribution in [3.05, 3.63) is 12.2 Å². The maximum atomic E-state index is 11.2. The molecule has 0 spiro atoms. The van der Waals surface area contributed by atoms with Crippen LogP contribution in [0.4, 0.5) is 0 Å². The number of hydrogen-bond acceptors (Lipinski definition) is 3. The molecule has 2 unspecified atom stereocenters. The minimum Gasteiger partial charge on any atom is -0.468 e. The van der Waals surface area contributed by atoms with Crippen molar-refractivity contribution in [2.45, 2.75) is 9.83 Å². The first kappa shape index (κ1) is 9.74. The van der Waals surface area contributed by atoms with Crippen LogP contribution in [0, 0.1) is 0 Å². The zero-order chi connectivity index (χ0) is 9.19. The number of esters is 1. The predicted molar refractivity (Wildman–Crippen MR) is 50.9 cm³/mol. The van der Waals surface area contributed by atoms with Gasteiger partial charge in [0, 0.05) is 6.21 Å². The van der Waals surface area contributed by atoms with Crippen LogP contribution >= 0.6 is 27.5 Å². The molecule has 2 atom stereocenters. The normalized spacial score (nSPS) is 33.4. The average molecular weight is 252 g/mol. The van der Waals surface area contributed by atoms with Gasteiger partial charge in [-0.05, 0) is 6.08 Å². The number of aliphatic imine (C=N–C) groups is 1. The summed E-state index contributed by atoms with van der Waals surface area (Å²) < 4.78 is 3.55. The van der Waals surface area contributed by atoms with Gasteiger partial charge in [-0.2, -0.15) is 0 Å².